The van der Waals surface area contributed by atoms with Gasteiger partial charge in [-0.3, -0.25) is 14.4 Å². The molecule has 2 aliphatic rings. The maximum atomic E-state index is 12.3. The van der Waals surface area contributed by atoms with Gasteiger partial charge >= 0.3 is 5.97 Å². The summed E-state index contributed by atoms with van der Waals surface area (Å²) in [5.74, 6) is -1.11. The Hall–Kier alpha value is -2.37. The Kier molecular flexibility index (Phi) is 5.06. The van der Waals surface area contributed by atoms with Crippen LogP contribution in [0.2, 0.25) is 0 Å². The van der Waals surface area contributed by atoms with Crippen molar-refractivity contribution in [3.05, 3.63) is 29.8 Å². The molecule has 3 rings (SSSR count). The summed E-state index contributed by atoms with van der Waals surface area (Å²) in [6.45, 7) is 0.139. The molecule has 2 amide bonds. The number of benzene rings is 1. The maximum absolute atomic E-state index is 12.3. The van der Waals surface area contributed by atoms with E-state index in [9.17, 15) is 14.4 Å². The molecule has 6 heteroatoms. The van der Waals surface area contributed by atoms with Crippen LogP contribution in [-0.4, -0.2) is 29.4 Å². The minimum atomic E-state index is -0.860. The Morgan fingerprint density at radius 3 is 2.48 bits per heavy atom. The molecule has 2 saturated carbocycles. The minimum absolute atomic E-state index is 0.0140. The maximum Gasteiger partial charge on any atom is 0.311 e. The number of aliphatic carboxylic acids is 1. The van der Waals surface area contributed by atoms with Crippen molar-refractivity contribution in [2.24, 2.45) is 11.3 Å². The molecule has 0 radical (unpaired) electrons. The molecule has 0 atom stereocenters. The van der Waals surface area contributed by atoms with Crippen molar-refractivity contribution in [2.45, 2.75) is 44.9 Å². The van der Waals surface area contributed by atoms with E-state index in [1.807, 2.05) is 0 Å². The SMILES string of the molecule is O=C(NCC1(C(=O)O)CC1)c1cccc(NC(=O)C2CCCCC2)c1. The standard InChI is InChI=1S/C19H24N2O4/c22-16(20-12-19(9-10-19)18(24)25)14-7-4-8-15(11-14)21-17(23)13-5-2-1-3-6-13/h4,7-8,11,13H,1-3,5-6,9-10,12H2,(H,20,22)(H,21,23)(H,24,25). The first kappa shape index (κ1) is 17.5. The molecule has 0 aromatic heterocycles. The zero-order valence-corrected chi connectivity index (χ0v) is 14.2. The molecule has 6 nitrogen and oxygen atoms in total. The summed E-state index contributed by atoms with van der Waals surface area (Å²) in [5, 5.41) is 14.7. The highest BCUT2D eigenvalue weighted by molar-refractivity contribution is 5.98. The third kappa shape index (κ3) is 4.18. The first-order chi connectivity index (χ1) is 12.0. The number of nitrogens with one attached hydrogen (secondary N) is 2. The van der Waals surface area contributed by atoms with Gasteiger partial charge in [-0.1, -0.05) is 25.3 Å². The van der Waals surface area contributed by atoms with E-state index in [1.165, 1.54) is 6.42 Å². The van der Waals surface area contributed by atoms with Crippen molar-refractivity contribution in [3.63, 3.8) is 0 Å². The van der Waals surface area contributed by atoms with Crippen molar-refractivity contribution < 1.29 is 19.5 Å². The highest BCUT2D eigenvalue weighted by atomic mass is 16.4. The molecule has 0 heterocycles. The number of anilines is 1. The van der Waals surface area contributed by atoms with Crippen LogP contribution in [0.15, 0.2) is 24.3 Å². The van der Waals surface area contributed by atoms with Gasteiger partial charge in [0, 0.05) is 23.7 Å². The number of hydrogen-bond acceptors (Lipinski definition) is 3. The Morgan fingerprint density at radius 1 is 1.12 bits per heavy atom. The summed E-state index contributed by atoms with van der Waals surface area (Å²) in [6.07, 6.45) is 6.40. The van der Waals surface area contributed by atoms with Crippen molar-refractivity contribution in [1.29, 1.82) is 0 Å². The largest absolute Gasteiger partial charge is 0.481 e. The van der Waals surface area contributed by atoms with Crippen LogP contribution in [0.3, 0.4) is 0 Å². The molecule has 0 bridgehead atoms. The van der Waals surface area contributed by atoms with Gasteiger partial charge in [0.2, 0.25) is 5.91 Å². The minimum Gasteiger partial charge on any atom is -0.481 e. The summed E-state index contributed by atoms with van der Waals surface area (Å²) in [4.78, 5) is 35.7. The van der Waals surface area contributed by atoms with Gasteiger partial charge in [-0.25, -0.2) is 0 Å². The zero-order chi connectivity index (χ0) is 17.9. The van der Waals surface area contributed by atoms with Crippen molar-refractivity contribution in [1.82, 2.24) is 5.32 Å². The lowest BCUT2D eigenvalue weighted by Gasteiger charge is -2.20. The molecule has 3 N–H and O–H groups in total. The van der Waals surface area contributed by atoms with E-state index in [0.717, 1.165) is 25.7 Å². The van der Waals surface area contributed by atoms with E-state index in [-0.39, 0.29) is 24.3 Å². The number of amides is 2. The smallest absolute Gasteiger partial charge is 0.311 e. The summed E-state index contributed by atoms with van der Waals surface area (Å²) in [6, 6.07) is 6.77. The van der Waals surface area contributed by atoms with Gasteiger partial charge in [-0.05, 0) is 43.9 Å². The molecule has 0 unspecified atom stereocenters. The average molecular weight is 344 g/mol. The third-order valence-corrected chi connectivity index (χ3v) is 5.26. The lowest BCUT2D eigenvalue weighted by Crippen LogP contribution is -2.34. The lowest BCUT2D eigenvalue weighted by molar-refractivity contribution is -0.143. The van der Waals surface area contributed by atoms with Gasteiger partial charge in [0.1, 0.15) is 0 Å². The first-order valence-corrected chi connectivity index (χ1v) is 8.93. The van der Waals surface area contributed by atoms with Gasteiger partial charge in [0.25, 0.3) is 5.91 Å². The van der Waals surface area contributed by atoms with Gasteiger partial charge in [0.05, 0.1) is 5.41 Å². The normalized spacial score (nSPS) is 19.0. The number of carbonyl (C=O) groups excluding carboxylic acids is 2. The Bertz CT molecular complexity index is 676. The predicted octanol–water partition coefficient (Wildman–Crippen LogP) is 2.80. The zero-order valence-electron chi connectivity index (χ0n) is 14.2. The van der Waals surface area contributed by atoms with E-state index in [0.29, 0.717) is 24.1 Å². The molecule has 2 aliphatic carbocycles. The monoisotopic (exact) mass is 344 g/mol. The van der Waals surface area contributed by atoms with E-state index >= 15 is 0 Å². The molecule has 25 heavy (non-hydrogen) atoms. The lowest BCUT2D eigenvalue weighted by atomic mass is 9.88. The second kappa shape index (κ2) is 7.25. The van der Waals surface area contributed by atoms with Crippen LogP contribution >= 0.6 is 0 Å². The van der Waals surface area contributed by atoms with Crippen LogP contribution in [0.4, 0.5) is 5.69 Å². The molecule has 0 spiro atoms. The summed E-state index contributed by atoms with van der Waals surface area (Å²) >= 11 is 0. The van der Waals surface area contributed by atoms with E-state index in [4.69, 9.17) is 5.11 Å². The fourth-order valence-electron chi connectivity index (χ4n) is 3.32. The third-order valence-electron chi connectivity index (χ3n) is 5.26. The van der Waals surface area contributed by atoms with Gasteiger partial charge in [0.15, 0.2) is 0 Å². The van der Waals surface area contributed by atoms with Crippen LogP contribution < -0.4 is 10.6 Å². The number of rotatable bonds is 6. The van der Waals surface area contributed by atoms with E-state index < -0.39 is 11.4 Å². The van der Waals surface area contributed by atoms with E-state index in [1.54, 1.807) is 24.3 Å². The van der Waals surface area contributed by atoms with Gasteiger partial charge in [-0.2, -0.15) is 0 Å². The fourth-order valence-corrected chi connectivity index (χ4v) is 3.32. The number of carbonyl (C=O) groups is 3. The van der Waals surface area contributed by atoms with Gasteiger partial charge in [-0.15, -0.1) is 0 Å². The quantitative estimate of drug-likeness (QED) is 0.739. The van der Waals surface area contributed by atoms with Crippen LogP contribution in [0.25, 0.3) is 0 Å². The molecule has 1 aromatic rings. The summed E-state index contributed by atoms with van der Waals surface area (Å²) in [7, 11) is 0. The Labute approximate surface area is 147 Å². The second-order valence-electron chi connectivity index (χ2n) is 7.17. The number of carboxylic acid groups (broad SMARTS) is 1. The topological polar surface area (TPSA) is 95.5 Å². The van der Waals surface area contributed by atoms with Crippen molar-refractivity contribution >= 4 is 23.5 Å². The first-order valence-electron chi connectivity index (χ1n) is 8.93. The summed E-state index contributed by atoms with van der Waals surface area (Å²) in [5.41, 5.74) is 0.230. The van der Waals surface area contributed by atoms with Crippen molar-refractivity contribution in [2.75, 3.05) is 11.9 Å². The molecular weight excluding hydrogens is 320 g/mol. The van der Waals surface area contributed by atoms with Crippen LogP contribution in [0, 0.1) is 11.3 Å². The fraction of sp³-hybridized carbons (Fsp3) is 0.526. The number of carboxylic acids is 1. The molecule has 0 saturated heterocycles. The molecule has 0 aliphatic heterocycles. The molecular formula is C19H24N2O4. The second-order valence-corrected chi connectivity index (χ2v) is 7.17. The Balaban J connectivity index is 1.58. The summed E-state index contributed by atoms with van der Waals surface area (Å²) < 4.78 is 0. The van der Waals surface area contributed by atoms with Crippen LogP contribution in [0.1, 0.15) is 55.3 Å². The molecule has 1 aromatic carbocycles. The Morgan fingerprint density at radius 2 is 1.84 bits per heavy atom. The van der Waals surface area contributed by atoms with E-state index in [2.05, 4.69) is 10.6 Å². The van der Waals surface area contributed by atoms with Crippen LogP contribution in [-0.2, 0) is 9.59 Å². The van der Waals surface area contributed by atoms with Crippen LogP contribution in [0.5, 0.6) is 0 Å². The van der Waals surface area contributed by atoms with Crippen molar-refractivity contribution in [3.8, 4) is 0 Å². The molecule has 134 valence electrons. The highest BCUT2D eigenvalue weighted by Gasteiger charge is 2.50. The van der Waals surface area contributed by atoms with Gasteiger partial charge < -0.3 is 15.7 Å². The highest BCUT2D eigenvalue weighted by Crippen LogP contribution is 2.45. The number of hydrogen-bond donors (Lipinski definition) is 3. The predicted molar refractivity (Wildman–Crippen MR) is 93.3 cm³/mol. The molecule has 2 fully saturated rings. The average Bonchev–Trinajstić information content (AvgIpc) is 3.42.